The third-order valence-corrected chi connectivity index (χ3v) is 5.56. The summed E-state index contributed by atoms with van der Waals surface area (Å²) in [5, 5.41) is 0.581. The Labute approximate surface area is 196 Å². The van der Waals surface area contributed by atoms with E-state index >= 15 is 0 Å². The highest BCUT2D eigenvalue weighted by molar-refractivity contribution is 6.02. The van der Waals surface area contributed by atoms with Gasteiger partial charge in [-0.1, -0.05) is 6.07 Å². The number of nitrogens with zero attached hydrogens (tertiary/aromatic N) is 2. The number of hydrogen-bond acceptors (Lipinski definition) is 7. The number of halogens is 1. The smallest absolute Gasteiger partial charge is 0.217 e. The van der Waals surface area contributed by atoms with Crippen LogP contribution in [0.2, 0.25) is 0 Å². The van der Waals surface area contributed by atoms with Crippen molar-refractivity contribution in [1.82, 2.24) is 4.98 Å². The number of methoxy groups -OCH3 is 3. The van der Waals surface area contributed by atoms with Crippen LogP contribution < -0.4 is 19.1 Å². The minimum Gasteiger partial charge on any atom is -0.493 e. The Kier molecular flexibility index (Phi) is 6.67. The minimum atomic E-state index is -0.382. The molecule has 0 radical (unpaired) electrons. The third-order valence-electron chi connectivity index (χ3n) is 5.56. The molecule has 0 N–H and O–H groups in total. The number of anilines is 1. The van der Waals surface area contributed by atoms with Crippen LogP contribution >= 0.6 is 0 Å². The standard InChI is InChI=1S/C26H25FN2O5/c1-16-19-13-18(27)8-9-21(19)34-25(16)20(30)15-29(24-7-5-6-10-28-24)14-17-11-22(31-2)26(33-4)23(12-17)32-3/h5-13H,14-15H2,1-4H3. The van der Waals surface area contributed by atoms with Gasteiger partial charge >= 0.3 is 0 Å². The molecule has 0 bridgehead atoms. The number of aryl methyl sites for hydroxylation is 1. The number of pyridine rings is 1. The van der Waals surface area contributed by atoms with E-state index in [0.717, 1.165) is 5.56 Å². The van der Waals surface area contributed by atoms with Crippen molar-refractivity contribution < 1.29 is 27.8 Å². The molecular weight excluding hydrogens is 439 g/mol. The zero-order chi connectivity index (χ0) is 24.2. The molecule has 34 heavy (non-hydrogen) atoms. The Hall–Kier alpha value is -4.07. The lowest BCUT2D eigenvalue weighted by Gasteiger charge is -2.24. The molecule has 0 amide bonds. The Morgan fingerprint density at radius 1 is 1.03 bits per heavy atom. The molecule has 2 aromatic heterocycles. The van der Waals surface area contributed by atoms with Gasteiger partial charge in [-0.15, -0.1) is 0 Å². The Bertz CT molecular complexity index is 1290. The SMILES string of the molecule is COc1cc(CN(CC(=O)c2oc3ccc(F)cc3c2C)c2ccccn2)cc(OC)c1OC. The van der Waals surface area contributed by atoms with Gasteiger partial charge in [0.25, 0.3) is 0 Å². The molecule has 0 saturated heterocycles. The van der Waals surface area contributed by atoms with Crippen LogP contribution in [0.1, 0.15) is 21.7 Å². The summed E-state index contributed by atoms with van der Waals surface area (Å²) in [5.74, 6) is 1.70. The van der Waals surface area contributed by atoms with Gasteiger partial charge in [-0.3, -0.25) is 4.79 Å². The van der Waals surface area contributed by atoms with E-state index in [2.05, 4.69) is 4.98 Å². The molecule has 0 unspecified atom stereocenters. The molecule has 0 saturated carbocycles. The number of furan rings is 1. The van der Waals surface area contributed by atoms with Crippen molar-refractivity contribution in [3.05, 3.63) is 77.4 Å². The molecule has 0 fully saturated rings. The molecule has 176 valence electrons. The summed E-state index contributed by atoms with van der Waals surface area (Å²) in [6, 6.07) is 13.4. The maximum Gasteiger partial charge on any atom is 0.217 e. The van der Waals surface area contributed by atoms with E-state index in [9.17, 15) is 9.18 Å². The van der Waals surface area contributed by atoms with Crippen molar-refractivity contribution in [2.24, 2.45) is 0 Å². The number of fused-ring (bicyclic) bond motifs is 1. The summed E-state index contributed by atoms with van der Waals surface area (Å²) in [5.41, 5.74) is 1.90. The Morgan fingerprint density at radius 3 is 2.38 bits per heavy atom. The second-order valence-corrected chi connectivity index (χ2v) is 7.70. The maximum absolute atomic E-state index is 13.7. The summed E-state index contributed by atoms with van der Waals surface area (Å²) < 4.78 is 35.8. The van der Waals surface area contributed by atoms with Crippen molar-refractivity contribution in [3.8, 4) is 17.2 Å². The van der Waals surface area contributed by atoms with Crippen molar-refractivity contribution in [2.75, 3.05) is 32.8 Å². The molecule has 0 aliphatic rings. The molecule has 2 aromatic carbocycles. The number of benzene rings is 2. The summed E-state index contributed by atoms with van der Waals surface area (Å²) in [4.78, 5) is 19.6. The average Bonchev–Trinajstić information content (AvgIpc) is 3.19. The van der Waals surface area contributed by atoms with E-state index in [1.165, 1.54) is 18.2 Å². The Morgan fingerprint density at radius 2 is 1.76 bits per heavy atom. The van der Waals surface area contributed by atoms with Gasteiger partial charge in [0, 0.05) is 23.7 Å². The first-order chi connectivity index (χ1) is 16.4. The molecule has 4 rings (SSSR count). The van der Waals surface area contributed by atoms with Gasteiger partial charge < -0.3 is 23.5 Å². The predicted molar refractivity (Wildman–Crippen MR) is 127 cm³/mol. The normalized spacial score (nSPS) is 10.9. The monoisotopic (exact) mass is 464 g/mol. The number of ether oxygens (including phenoxy) is 3. The highest BCUT2D eigenvalue weighted by Gasteiger charge is 2.23. The van der Waals surface area contributed by atoms with E-state index in [4.69, 9.17) is 18.6 Å². The van der Waals surface area contributed by atoms with E-state index in [1.807, 2.05) is 29.2 Å². The third kappa shape index (κ3) is 4.52. The molecule has 0 aliphatic carbocycles. The lowest BCUT2D eigenvalue weighted by atomic mass is 10.1. The molecule has 2 heterocycles. The van der Waals surface area contributed by atoms with Crippen LogP contribution in [0.4, 0.5) is 10.2 Å². The lowest BCUT2D eigenvalue weighted by Crippen LogP contribution is -2.30. The maximum atomic E-state index is 13.7. The number of ketones is 1. The van der Waals surface area contributed by atoms with Crippen LogP contribution in [-0.2, 0) is 6.54 Å². The van der Waals surface area contributed by atoms with Crippen LogP contribution in [0, 0.1) is 12.7 Å². The van der Waals surface area contributed by atoms with Crippen LogP contribution in [0.5, 0.6) is 17.2 Å². The van der Waals surface area contributed by atoms with Gasteiger partial charge in [0.1, 0.15) is 17.2 Å². The first-order valence-electron chi connectivity index (χ1n) is 10.6. The van der Waals surface area contributed by atoms with E-state index < -0.39 is 0 Å². The number of carbonyl (C=O) groups is 1. The van der Waals surface area contributed by atoms with Gasteiger partial charge in [-0.25, -0.2) is 9.37 Å². The van der Waals surface area contributed by atoms with Gasteiger partial charge in [0.2, 0.25) is 11.5 Å². The van der Waals surface area contributed by atoms with Crippen molar-refractivity contribution >= 4 is 22.6 Å². The van der Waals surface area contributed by atoms with Crippen LogP contribution in [0.3, 0.4) is 0 Å². The van der Waals surface area contributed by atoms with Crippen LogP contribution in [0.15, 0.2) is 59.1 Å². The number of rotatable bonds is 9. The lowest BCUT2D eigenvalue weighted by molar-refractivity contribution is 0.0973. The number of carbonyl (C=O) groups excluding carboxylic acids is 1. The molecule has 0 aliphatic heterocycles. The second-order valence-electron chi connectivity index (χ2n) is 7.70. The fraction of sp³-hybridized carbons (Fsp3) is 0.231. The molecule has 0 atom stereocenters. The van der Waals surface area contributed by atoms with Crippen molar-refractivity contribution in [3.63, 3.8) is 0 Å². The van der Waals surface area contributed by atoms with E-state index in [1.54, 1.807) is 40.5 Å². The zero-order valence-corrected chi connectivity index (χ0v) is 19.4. The topological polar surface area (TPSA) is 74.0 Å². The minimum absolute atomic E-state index is 0.00316. The Balaban J connectivity index is 1.68. The molecular formula is C26H25FN2O5. The highest BCUT2D eigenvalue weighted by Crippen LogP contribution is 2.38. The summed E-state index contributed by atoms with van der Waals surface area (Å²) in [7, 11) is 4.64. The second kappa shape index (κ2) is 9.82. The number of Topliss-reactive ketones (excluding diaryl/α,β-unsaturated/α-hetero) is 1. The van der Waals surface area contributed by atoms with E-state index in [-0.39, 0.29) is 23.9 Å². The van der Waals surface area contributed by atoms with E-state index in [0.29, 0.717) is 46.1 Å². The van der Waals surface area contributed by atoms with Gasteiger partial charge in [0.05, 0.1) is 27.9 Å². The fourth-order valence-electron chi connectivity index (χ4n) is 3.91. The molecule has 0 spiro atoms. The van der Waals surface area contributed by atoms with Crippen molar-refractivity contribution in [1.29, 1.82) is 0 Å². The first kappa shape index (κ1) is 23.1. The molecule has 8 heteroatoms. The quantitative estimate of drug-likeness (QED) is 0.316. The first-order valence-corrected chi connectivity index (χ1v) is 10.6. The fourth-order valence-corrected chi connectivity index (χ4v) is 3.91. The molecule has 4 aromatic rings. The molecule has 7 nitrogen and oxygen atoms in total. The predicted octanol–water partition coefficient (Wildman–Crippen LogP) is 5.19. The van der Waals surface area contributed by atoms with Gasteiger partial charge in [-0.2, -0.15) is 0 Å². The zero-order valence-electron chi connectivity index (χ0n) is 19.4. The average molecular weight is 464 g/mol. The summed E-state index contributed by atoms with van der Waals surface area (Å²) >= 11 is 0. The largest absolute Gasteiger partial charge is 0.493 e. The number of hydrogen-bond donors (Lipinski definition) is 0. The van der Waals surface area contributed by atoms with Gasteiger partial charge in [-0.05, 0) is 55.0 Å². The van der Waals surface area contributed by atoms with Crippen LogP contribution in [-0.4, -0.2) is 38.6 Å². The van der Waals surface area contributed by atoms with Gasteiger partial charge in [0.15, 0.2) is 17.3 Å². The number of aromatic nitrogens is 1. The highest BCUT2D eigenvalue weighted by atomic mass is 19.1. The van der Waals surface area contributed by atoms with Crippen LogP contribution in [0.25, 0.3) is 11.0 Å². The summed E-state index contributed by atoms with van der Waals surface area (Å²) in [6.45, 7) is 2.09. The van der Waals surface area contributed by atoms with Crippen molar-refractivity contribution in [2.45, 2.75) is 13.5 Å². The summed E-state index contributed by atoms with van der Waals surface area (Å²) in [6.07, 6.45) is 1.66.